The molecule has 0 spiro atoms. The van der Waals surface area contributed by atoms with Gasteiger partial charge in [0, 0.05) is 36.3 Å². The van der Waals surface area contributed by atoms with Gasteiger partial charge < -0.3 is 15.4 Å². The molecule has 0 unspecified atom stereocenters. The smallest absolute Gasteiger partial charge is 0.319 e. The van der Waals surface area contributed by atoms with Gasteiger partial charge in [-0.15, -0.1) is 0 Å². The molecule has 0 aliphatic carbocycles. The van der Waals surface area contributed by atoms with Gasteiger partial charge in [-0.3, -0.25) is 4.68 Å². The molecule has 2 amide bonds. The highest BCUT2D eigenvalue weighted by molar-refractivity contribution is 7.90. The molecule has 0 saturated carbocycles. The Hall–Kier alpha value is -2.55. The van der Waals surface area contributed by atoms with Crippen LogP contribution in [0.2, 0.25) is 0 Å². The second-order valence-corrected chi connectivity index (χ2v) is 8.45. The average Bonchev–Trinajstić information content (AvgIpc) is 3.08. The Bertz CT molecular complexity index is 864. The maximum Gasteiger partial charge on any atom is 0.319 e. The topological polar surface area (TPSA) is 102 Å². The Balaban J connectivity index is 1.93. The van der Waals surface area contributed by atoms with Crippen LogP contribution in [0.5, 0.6) is 5.75 Å². The summed E-state index contributed by atoms with van der Waals surface area (Å²) < 4.78 is 29.5. The van der Waals surface area contributed by atoms with Gasteiger partial charge in [-0.1, -0.05) is 13.0 Å². The number of sulfone groups is 1. The monoisotopic (exact) mass is 394 g/mol. The van der Waals surface area contributed by atoms with E-state index in [0.29, 0.717) is 11.4 Å². The van der Waals surface area contributed by atoms with Crippen molar-refractivity contribution in [3.8, 4) is 5.75 Å². The van der Waals surface area contributed by atoms with Crippen LogP contribution >= 0.6 is 0 Å². The van der Waals surface area contributed by atoms with E-state index in [-0.39, 0.29) is 24.4 Å². The maximum absolute atomic E-state index is 12.3. The highest BCUT2D eigenvalue weighted by atomic mass is 32.2. The normalized spacial score (nSPS) is 12.4. The van der Waals surface area contributed by atoms with Crippen LogP contribution in [0.15, 0.2) is 36.7 Å². The molecule has 2 rings (SSSR count). The Labute approximate surface area is 159 Å². The molecule has 0 radical (unpaired) electrons. The third-order valence-electron chi connectivity index (χ3n) is 3.91. The van der Waals surface area contributed by atoms with Crippen LogP contribution in [0.4, 0.5) is 10.5 Å². The zero-order chi connectivity index (χ0) is 19.9. The quantitative estimate of drug-likeness (QED) is 0.681. The van der Waals surface area contributed by atoms with Gasteiger partial charge in [0.05, 0.1) is 18.0 Å². The summed E-state index contributed by atoms with van der Waals surface area (Å²) in [4.78, 5) is 12.3. The van der Waals surface area contributed by atoms with Crippen LogP contribution in [-0.2, 0) is 16.4 Å². The fourth-order valence-electron chi connectivity index (χ4n) is 2.45. The van der Waals surface area contributed by atoms with E-state index in [1.54, 1.807) is 30.5 Å². The summed E-state index contributed by atoms with van der Waals surface area (Å²) >= 11 is 0. The fraction of sp³-hybridized carbons (Fsp3) is 0.444. The molecule has 0 bridgehead atoms. The van der Waals surface area contributed by atoms with Crippen molar-refractivity contribution in [3.05, 3.63) is 42.2 Å². The lowest BCUT2D eigenvalue weighted by molar-refractivity contribution is 0.248. The first-order chi connectivity index (χ1) is 12.8. The summed E-state index contributed by atoms with van der Waals surface area (Å²) in [6, 6.07) is 6.35. The summed E-state index contributed by atoms with van der Waals surface area (Å²) in [6.45, 7) is 4.83. The summed E-state index contributed by atoms with van der Waals surface area (Å²) in [7, 11) is -3.08. The zero-order valence-electron chi connectivity index (χ0n) is 15.8. The van der Waals surface area contributed by atoms with E-state index in [0.717, 1.165) is 24.8 Å². The minimum absolute atomic E-state index is 0.0607. The number of nitrogens with one attached hydrogen (secondary N) is 2. The number of carbonyl (C=O) groups is 1. The Morgan fingerprint density at radius 3 is 2.74 bits per heavy atom. The maximum atomic E-state index is 12.3. The largest absolute Gasteiger partial charge is 0.492 e. The minimum atomic E-state index is -3.08. The number of urea groups is 1. The number of carbonyl (C=O) groups excluding carboxylic acids is 1. The number of anilines is 1. The Morgan fingerprint density at radius 1 is 1.33 bits per heavy atom. The number of ether oxygens (including phenoxy) is 1. The summed E-state index contributed by atoms with van der Waals surface area (Å²) in [5.74, 6) is 0.433. The number of amides is 2. The molecule has 1 aromatic carbocycles. The van der Waals surface area contributed by atoms with Crippen LogP contribution in [-0.4, -0.2) is 42.8 Å². The molecule has 2 N–H and O–H groups in total. The van der Waals surface area contributed by atoms with E-state index in [2.05, 4.69) is 15.7 Å². The number of rotatable bonds is 9. The number of aryl methyl sites for hydroxylation is 1. The van der Waals surface area contributed by atoms with Gasteiger partial charge in [0.25, 0.3) is 0 Å². The molecule has 0 aliphatic heterocycles. The molecule has 8 nitrogen and oxygen atoms in total. The van der Waals surface area contributed by atoms with Gasteiger partial charge in [0.15, 0.2) is 9.84 Å². The lowest BCUT2D eigenvalue weighted by atomic mass is 10.1. The van der Waals surface area contributed by atoms with Crippen molar-refractivity contribution >= 4 is 21.6 Å². The Kier molecular flexibility index (Phi) is 7.23. The standard InChI is InChI=1S/C18H26N4O4S/c1-4-17(14-12-19-22(5-2)13-14)21-18(23)20-15-7-6-8-16(11-15)26-9-10-27(3,24)25/h6-8,11-13,17H,4-5,9-10H2,1-3H3,(H2,20,21,23)/t17-/m1/s1. The highest BCUT2D eigenvalue weighted by Crippen LogP contribution is 2.19. The van der Waals surface area contributed by atoms with Crippen LogP contribution in [0.1, 0.15) is 31.9 Å². The predicted octanol–water partition coefficient (Wildman–Crippen LogP) is 2.60. The van der Waals surface area contributed by atoms with Crippen LogP contribution in [0.25, 0.3) is 0 Å². The average molecular weight is 394 g/mol. The van der Waals surface area contributed by atoms with Crippen molar-refractivity contribution < 1.29 is 17.9 Å². The van der Waals surface area contributed by atoms with Gasteiger partial charge in [-0.2, -0.15) is 5.10 Å². The van der Waals surface area contributed by atoms with Gasteiger partial charge in [0.2, 0.25) is 0 Å². The second kappa shape index (κ2) is 9.40. The highest BCUT2D eigenvalue weighted by Gasteiger charge is 2.14. The third kappa shape index (κ3) is 6.93. The number of hydrogen-bond acceptors (Lipinski definition) is 5. The zero-order valence-corrected chi connectivity index (χ0v) is 16.6. The van der Waals surface area contributed by atoms with Crippen molar-refractivity contribution in [2.24, 2.45) is 0 Å². The predicted molar refractivity (Wildman–Crippen MR) is 105 cm³/mol. The number of hydrogen-bond donors (Lipinski definition) is 2. The molecule has 0 saturated heterocycles. The number of nitrogens with zero attached hydrogens (tertiary/aromatic N) is 2. The van der Waals surface area contributed by atoms with Gasteiger partial charge in [-0.25, -0.2) is 13.2 Å². The summed E-state index contributed by atoms with van der Waals surface area (Å²) in [5, 5.41) is 9.93. The van der Waals surface area contributed by atoms with Gasteiger partial charge in [0.1, 0.15) is 12.4 Å². The summed E-state index contributed by atoms with van der Waals surface area (Å²) in [6.07, 6.45) is 5.57. The minimum Gasteiger partial charge on any atom is -0.492 e. The number of aromatic nitrogens is 2. The molecule has 0 fully saturated rings. The van der Waals surface area contributed by atoms with Gasteiger partial charge >= 0.3 is 6.03 Å². The first-order valence-electron chi connectivity index (χ1n) is 8.81. The van der Waals surface area contributed by atoms with Crippen molar-refractivity contribution in [1.29, 1.82) is 0 Å². The lowest BCUT2D eigenvalue weighted by Crippen LogP contribution is -2.32. The van der Waals surface area contributed by atoms with Crippen molar-refractivity contribution in [1.82, 2.24) is 15.1 Å². The molecule has 1 aromatic heterocycles. The molecular formula is C18H26N4O4S. The Morgan fingerprint density at radius 2 is 2.11 bits per heavy atom. The number of benzene rings is 1. The van der Waals surface area contributed by atoms with E-state index in [4.69, 9.17) is 4.74 Å². The molecular weight excluding hydrogens is 368 g/mol. The lowest BCUT2D eigenvalue weighted by Gasteiger charge is -2.16. The molecule has 9 heteroatoms. The molecule has 27 heavy (non-hydrogen) atoms. The third-order valence-corrected chi connectivity index (χ3v) is 4.82. The first-order valence-corrected chi connectivity index (χ1v) is 10.9. The van der Waals surface area contributed by atoms with Crippen molar-refractivity contribution in [3.63, 3.8) is 0 Å². The van der Waals surface area contributed by atoms with E-state index in [1.807, 2.05) is 24.7 Å². The van der Waals surface area contributed by atoms with E-state index in [1.165, 1.54) is 0 Å². The second-order valence-electron chi connectivity index (χ2n) is 6.19. The van der Waals surface area contributed by atoms with E-state index < -0.39 is 9.84 Å². The van der Waals surface area contributed by atoms with E-state index in [9.17, 15) is 13.2 Å². The summed E-state index contributed by atoms with van der Waals surface area (Å²) in [5.41, 5.74) is 1.51. The molecule has 1 atom stereocenters. The van der Waals surface area contributed by atoms with Gasteiger partial charge in [-0.05, 0) is 25.5 Å². The molecule has 1 heterocycles. The van der Waals surface area contributed by atoms with Crippen molar-refractivity contribution in [2.45, 2.75) is 32.9 Å². The van der Waals surface area contributed by atoms with Crippen molar-refractivity contribution in [2.75, 3.05) is 23.9 Å². The SMILES string of the molecule is CC[C@@H](NC(=O)Nc1cccc(OCCS(C)(=O)=O)c1)c1cnn(CC)c1. The van der Waals surface area contributed by atoms with E-state index >= 15 is 0 Å². The van der Waals surface area contributed by atoms with Crippen LogP contribution in [0.3, 0.4) is 0 Å². The fourth-order valence-corrected chi connectivity index (χ4v) is 2.84. The molecule has 148 valence electrons. The first kappa shape index (κ1) is 20.8. The van der Waals surface area contributed by atoms with Crippen LogP contribution < -0.4 is 15.4 Å². The molecule has 0 aliphatic rings. The molecule has 2 aromatic rings. The van der Waals surface area contributed by atoms with Crippen LogP contribution in [0, 0.1) is 0 Å².